The number of amides is 11. The summed E-state index contributed by atoms with van der Waals surface area (Å²) in [5, 5.41) is 43.7. The minimum atomic E-state index is -1.80. The van der Waals surface area contributed by atoms with Gasteiger partial charge in [-0.2, -0.15) is 0 Å². The van der Waals surface area contributed by atoms with Crippen molar-refractivity contribution < 1.29 is 72.5 Å². The first kappa shape index (κ1) is 69.0. The number of carbonyl (C=O) groups excluding carboxylic acids is 11. The Hall–Kier alpha value is -9.27. The van der Waals surface area contributed by atoms with Gasteiger partial charge in [-0.05, 0) is 48.8 Å². The van der Waals surface area contributed by atoms with Crippen molar-refractivity contribution in [1.29, 1.82) is 0 Å². The Kier molecular flexibility index (Phi) is 28.7. The second-order valence-corrected chi connectivity index (χ2v) is 20.3. The quantitative estimate of drug-likeness (QED) is 0.0295. The third kappa shape index (κ3) is 24.1. The number of nitrogens with one attached hydrogen (secondary N) is 10. The van der Waals surface area contributed by atoms with Crippen LogP contribution in [0.4, 0.5) is 0 Å². The van der Waals surface area contributed by atoms with E-state index in [9.17, 15) is 72.5 Å². The molecule has 27 nitrogen and oxygen atoms in total. The molecule has 3 aromatic carbocycles. The van der Waals surface area contributed by atoms with Gasteiger partial charge in [0.25, 0.3) is 0 Å². The second-order valence-electron chi connectivity index (χ2n) is 20.3. The molecule has 0 aliphatic heterocycles. The average Bonchev–Trinajstić information content (AvgIpc) is 3.65. The molecule has 0 saturated heterocycles. The van der Waals surface area contributed by atoms with Crippen LogP contribution in [0.1, 0.15) is 83.9 Å². The molecule has 3 aromatic rings. The molecule has 0 spiro atoms. The molecule has 11 atom stereocenters. The first-order valence-electron chi connectivity index (χ1n) is 27.3. The van der Waals surface area contributed by atoms with E-state index in [2.05, 4.69) is 53.2 Å². The first-order valence-corrected chi connectivity index (χ1v) is 27.3. The SMILES string of the molecule is CC[C@H](C)[C@H](NC(=O)CNC(=O)[C@H](C)NC(=O)[C@@H](N)Cc1ccccc1)C(=O)N[C@@H](CC(N)=O)C(=O)N[C@H](C(=O)N[C@@H](C)C(=O)NCC(=O)N[C@@H](Cc1ccccc1)C(=O)N[C@@H](CC(=O)O)C(=O)N[C@@H](Cc1ccccc1)C(=O)O)[C@@H](C)CC. The van der Waals surface area contributed by atoms with Crippen molar-refractivity contribution in [3.05, 3.63) is 108 Å². The van der Waals surface area contributed by atoms with Crippen LogP contribution < -0.4 is 64.6 Å². The molecule has 16 N–H and O–H groups in total. The van der Waals surface area contributed by atoms with Gasteiger partial charge < -0.3 is 74.8 Å². The van der Waals surface area contributed by atoms with Gasteiger partial charge in [0.1, 0.15) is 48.3 Å². The Morgan fingerprint density at radius 1 is 0.417 bits per heavy atom. The van der Waals surface area contributed by atoms with Crippen LogP contribution >= 0.6 is 0 Å². The van der Waals surface area contributed by atoms with Gasteiger partial charge in [0.05, 0.1) is 32.0 Å². The van der Waals surface area contributed by atoms with Crippen molar-refractivity contribution in [3.8, 4) is 0 Å². The van der Waals surface area contributed by atoms with E-state index in [4.69, 9.17) is 11.5 Å². The highest BCUT2D eigenvalue weighted by Crippen LogP contribution is 2.13. The molecule has 0 heterocycles. The minimum absolute atomic E-state index is 0.164. The fourth-order valence-corrected chi connectivity index (χ4v) is 8.19. The summed E-state index contributed by atoms with van der Waals surface area (Å²) in [4.78, 5) is 170. The van der Waals surface area contributed by atoms with E-state index in [1.165, 1.54) is 13.8 Å². The van der Waals surface area contributed by atoms with Crippen molar-refractivity contribution in [2.45, 2.75) is 141 Å². The highest BCUT2D eigenvalue weighted by atomic mass is 16.4. The summed E-state index contributed by atoms with van der Waals surface area (Å²) in [7, 11) is 0. The largest absolute Gasteiger partial charge is 0.481 e. The number of hydrogen-bond donors (Lipinski definition) is 14. The standard InChI is InChI=1S/C57H78N12O15/c1-7-31(3)47(68-45(72)30-61-49(75)33(5)62-51(77)38(58)24-35-18-12-9-13-19-35)56(82)66-40(27-43(59)70)54(80)69-48(32(4)8-2)55(81)63-34(6)50(76)60-29-44(71)64-39(25-36-20-14-10-15-21-36)52(78)65-41(28-46(73)74)53(79)67-42(57(83)84)26-37-22-16-11-17-23-37/h9-23,31-34,38-42,47-48H,7-8,24-30,58H2,1-6H3,(H2,59,70)(H,60,76)(H,61,75)(H,62,77)(H,63,81)(H,64,71)(H,65,78)(H,66,82)(H,67,79)(H,68,72)(H,69,80)(H,73,74)(H,83,84)/t31-,32-,33-,34-,38-,39-,40-,41-,42-,47-,48-/m0/s1. The lowest BCUT2D eigenvalue weighted by Crippen LogP contribution is -2.61. The van der Waals surface area contributed by atoms with Crippen molar-refractivity contribution in [2.75, 3.05) is 13.1 Å². The number of hydrogen-bond acceptors (Lipinski definition) is 14. The van der Waals surface area contributed by atoms with Crippen LogP contribution in [0.15, 0.2) is 91.0 Å². The fourth-order valence-electron chi connectivity index (χ4n) is 8.19. The van der Waals surface area contributed by atoms with Gasteiger partial charge in [-0.15, -0.1) is 0 Å². The number of aliphatic carboxylic acids is 2. The third-order valence-corrected chi connectivity index (χ3v) is 13.5. The smallest absolute Gasteiger partial charge is 0.326 e. The number of nitrogens with two attached hydrogens (primary N) is 2. The van der Waals surface area contributed by atoms with Crippen LogP contribution in [0.2, 0.25) is 0 Å². The topological polar surface area (TPSA) is 435 Å². The van der Waals surface area contributed by atoms with Gasteiger partial charge in [-0.1, -0.05) is 132 Å². The lowest BCUT2D eigenvalue weighted by Gasteiger charge is -2.29. The zero-order valence-corrected chi connectivity index (χ0v) is 47.7. The molecule has 27 heteroatoms. The minimum Gasteiger partial charge on any atom is -0.481 e. The van der Waals surface area contributed by atoms with Crippen LogP contribution in [-0.2, 0) is 81.6 Å². The predicted molar refractivity (Wildman–Crippen MR) is 304 cm³/mol. The van der Waals surface area contributed by atoms with Crippen LogP contribution in [0, 0.1) is 11.8 Å². The molecule has 0 aromatic heterocycles. The van der Waals surface area contributed by atoms with Gasteiger partial charge in [-0.25, -0.2) is 4.79 Å². The molecule has 456 valence electrons. The molecule has 3 rings (SSSR count). The Morgan fingerprint density at radius 2 is 0.786 bits per heavy atom. The number of benzene rings is 3. The summed E-state index contributed by atoms with van der Waals surface area (Å²) < 4.78 is 0. The zero-order valence-electron chi connectivity index (χ0n) is 47.7. The maximum Gasteiger partial charge on any atom is 0.326 e. The van der Waals surface area contributed by atoms with Crippen LogP contribution in [0.5, 0.6) is 0 Å². The lowest BCUT2D eigenvalue weighted by molar-refractivity contribution is -0.143. The predicted octanol–water partition coefficient (Wildman–Crippen LogP) is -2.28. The zero-order chi connectivity index (χ0) is 62.6. The van der Waals surface area contributed by atoms with E-state index in [1.807, 2.05) is 6.07 Å². The van der Waals surface area contributed by atoms with Crippen LogP contribution in [0.25, 0.3) is 0 Å². The first-order chi connectivity index (χ1) is 39.7. The summed E-state index contributed by atoms with van der Waals surface area (Å²) in [5.74, 6) is -14.1. The van der Waals surface area contributed by atoms with Crippen LogP contribution in [-0.4, -0.2) is 155 Å². The van der Waals surface area contributed by atoms with Crippen molar-refractivity contribution >= 4 is 76.9 Å². The Balaban J connectivity index is 1.66. The monoisotopic (exact) mass is 1170 g/mol. The molecule has 0 fully saturated rings. The van der Waals surface area contributed by atoms with E-state index in [0.29, 0.717) is 17.5 Å². The molecule has 11 amide bonds. The number of primary amides is 1. The van der Waals surface area contributed by atoms with Gasteiger partial charge in [-0.3, -0.25) is 57.5 Å². The van der Waals surface area contributed by atoms with Gasteiger partial charge in [0, 0.05) is 12.8 Å². The van der Waals surface area contributed by atoms with Crippen molar-refractivity contribution in [1.82, 2.24) is 53.2 Å². The summed E-state index contributed by atoms with van der Waals surface area (Å²) >= 11 is 0. The van der Waals surface area contributed by atoms with Crippen molar-refractivity contribution in [2.24, 2.45) is 23.3 Å². The number of carboxylic acid groups (broad SMARTS) is 2. The summed E-state index contributed by atoms with van der Waals surface area (Å²) in [6, 6.07) is 12.9. The average molecular weight is 1170 g/mol. The molecule has 0 bridgehead atoms. The fraction of sp³-hybridized carbons (Fsp3) is 0.456. The number of rotatable bonds is 35. The van der Waals surface area contributed by atoms with Crippen LogP contribution in [0.3, 0.4) is 0 Å². The molecule has 0 saturated carbocycles. The highest BCUT2D eigenvalue weighted by Gasteiger charge is 2.36. The van der Waals surface area contributed by atoms with Gasteiger partial charge >= 0.3 is 11.9 Å². The van der Waals surface area contributed by atoms with E-state index >= 15 is 0 Å². The molecular formula is C57H78N12O15. The highest BCUT2D eigenvalue weighted by molar-refractivity contribution is 5.99. The molecule has 0 aliphatic carbocycles. The lowest BCUT2D eigenvalue weighted by atomic mass is 9.96. The van der Waals surface area contributed by atoms with E-state index in [-0.39, 0.29) is 25.7 Å². The summed E-state index contributed by atoms with van der Waals surface area (Å²) in [6.45, 7) is 7.90. The van der Waals surface area contributed by atoms with E-state index < -0.39 is 169 Å². The Morgan fingerprint density at radius 3 is 1.24 bits per heavy atom. The maximum atomic E-state index is 13.9. The molecule has 84 heavy (non-hydrogen) atoms. The summed E-state index contributed by atoms with van der Waals surface area (Å²) in [5.41, 5.74) is 13.4. The van der Waals surface area contributed by atoms with Crippen molar-refractivity contribution in [3.63, 3.8) is 0 Å². The maximum absolute atomic E-state index is 13.9. The van der Waals surface area contributed by atoms with Gasteiger partial charge in [0.2, 0.25) is 65.0 Å². The number of carboxylic acids is 2. The third-order valence-electron chi connectivity index (χ3n) is 13.5. The normalized spacial score (nSPS) is 14.8. The Bertz CT molecular complexity index is 2770. The number of carbonyl (C=O) groups is 13. The van der Waals surface area contributed by atoms with E-state index in [1.54, 1.807) is 113 Å². The van der Waals surface area contributed by atoms with Gasteiger partial charge in [0.15, 0.2) is 0 Å². The molecule has 0 aliphatic rings. The Labute approximate surface area is 486 Å². The molecule has 0 radical (unpaired) electrons. The molecular weight excluding hydrogens is 1090 g/mol. The molecule has 0 unspecified atom stereocenters. The second kappa shape index (κ2) is 34.9. The van der Waals surface area contributed by atoms with E-state index in [0.717, 1.165) is 5.56 Å². The summed E-state index contributed by atoms with van der Waals surface area (Å²) in [6.07, 6.45) is -1.24.